The largest absolute Gasteiger partial charge is 0.326 e. The Labute approximate surface area is 139 Å². The zero-order chi connectivity index (χ0) is 16.8. The van der Waals surface area contributed by atoms with Crippen LogP contribution in [0.3, 0.4) is 0 Å². The average molecular weight is 329 g/mol. The highest BCUT2D eigenvalue weighted by Gasteiger charge is 2.15. The summed E-state index contributed by atoms with van der Waals surface area (Å²) in [5.74, 6) is 0.353. The monoisotopic (exact) mass is 329 g/mol. The predicted molar refractivity (Wildman–Crippen MR) is 93.7 cm³/mol. The quantitative estimate of drug-likeness (QED) is 0.824. The minimum atomic E-state index is -0.260. The van der Waals surface area contributed by atoms with Crippen molar-refractivity contribution in [1.82, 2.24) is 4.98 Å². The highest BCUT2D eigenvalue weighted by atomic mass is 32.2. The lowest BCUT2D eigenvalue weighted by Gasteiger charge is -2.12. The van der Waals surface area contributed by atoms with Crippen LogP contribution in [0.25, 0.3) is 0 Å². The van der Waals surface area contributed by atoms with Crippen molar-refractivity contribution in [3.8, 4) is 0 Å². The van der Waals surface area contributed by atoms with E-state index in [1.54, 1.807) is 6.07 Å². The number of rotatable bonds is 5. The number of nitrogens with zero attached hydrogens (tertiary/aromatic N) is 1. The van der Waals surface area contributed by atoms with E-state index in [2.05, 4.69) is 15.6 Å². The van der Waals surface area contributed by atoms with Gasteiger partial charge in [0, 0.05) is 23.2 Å². The highest BCUT2D eigenvalue weighted by molar-refractivity contribution is 8.00. The Morgan fingerprint density at radius 1 is 1.09 bits per heavy atom. The number of carbonyl (C=O) groups excluding carboxylic acids is 2. The van der Waals surface area contributed by atoms with Crippen molar-refractivity contribution in [2.75, 3.05) is 10.6 Å². The van der Waals surface area contributed by atoms with E-state index in [4.69, 9.17) is 0 Å². The lowest BCUT2D eigenvalue weighted by molar-refractivity contribution is -0.115. The number of pyridine rings is 1. The molecule has 1 aromatic carbocycles. The van der Waals surface area contributed by atoms with Crippen LogP contribution in [0.1, 0.15) is 19.5 Å². The maximum atomic E-state index is 12.2. The normalized spacial score (nSPS) is 11.6. The van der Waals surface area contributed by atoms with Gasteiger partial charge in [0.2, 0.25) is 11.8 Å². The van der Waals surface area contributed by atoms with Gasteiger partial charge in [-0.15, -0.1) is 11.8 Å². The van der Waals surface area contributed by atoms with E-state index in [0.717, 1.165) is 16.3 Å². The Kier molecular flexibility index (Phi) is 5.76. The first-order valence-electron chi connectivity index (χ1n) is 7.23. The molecular weight excluding hydrogens is 310 g/mol. The van der Waals surface area contributed by atoms with E-state index in [9.17, 15) is 9.59 Å². The molecule has 0 aliphatic rings. The SMILES string of the molecule is CC(=O)Nc1ccc(SC(C)C(=O)Nc2cccc(C)n2)cc1. The molecular formula is C17H19N3O2S. The molecule has 120 valence electrons. The van der Waals surface area contributed by atoms with Crippen LogP contribution in [0.4, 0.5) is 11.5 Å². The van der Waals surface area contributed by atoms with Crippen LogP contribution < -0.4 is 10.6 Å². The van der Waals surface area contributed by atoms with Gasteiger partial charge < -0.3 is 10.6 Å². The van der Waals surface area contributed by atoms with Crippen molar-refractivity contribution >= 4 is 35.1 Å². The molecule has 23 heavy (non-hydrogen) atoms. The smallest absolute Gasteiger partial charge is 0.238 e. The maximum Gasteiger partial charge on any atom is 0.238 e. The van der Waals surface area contributed by atoms with Crippen LogP contribution in [0.15, 0.2) is 47.4 Å². The lowest BCUT2D eigenvalue weighted by atomic mass is 10.3. The fourth-order valence-corrected chi connectivity index (χ4v) is 2.79. The number of hydrogen-bond donors (Lipinski definition) is 2. The molecule has 0 radical (unpaired) electrons. The molecule has 6 heteroatoms. The van der Waals surface area contributed by atoms with E-state index in [1.165, 1.54) is 18.7 Å². The minimum Gasteiger partial charge on any atom is -0.326 e. The standard InChI is InChI=1S/C17H19N3O2S/c1-11-5-4-6-16(18-11)20-17(22)12(2)23-15-9-7-14(8-10-15)19-13(3)21/h4-10,12H,1-3H3,(H,19,21)(H,18,20,22). The van der Waals surface area contributed by atoms with Crippen molar-refractivity contribution in [1.29, 1.82) is 0 Å². The highest BCUT2D eigenvalue weighted by Crippen LogP contribution is 2.25. The summed E-state index contributed by atoms with van der Waals surface area (Å²) in [6.45, 7) is 5.19. The van der Waals surface area contributed by atoms with Crippen molar-refractivity contribution in [2.45, 2.75) is 30.9 Å². The summed E-state index contributed by atoms with van der Waals surface area (Å²) in [6.07, 6.45) is 0. The number of amides is 2. The van der Waals surface area contributed by atoms with Crippen molar-refractivity contribution in [3.05, 3.63) is 48.2 Å². The molecule has 0 saturated carbocycles. The Hall–Kier alpha value is -2.34. The number of aromatic nitrogens is 1. The molecule has 1 aromatic heterocycles. The summed E-state index contributed by atoms with van der Waals surface area (Å²) in [4.78, 5) is 28.4. The topological polar surface area (TPSA) is 71.1 Å². The molecule has 1 atom stereocenters. The van der Waals surface area contributed by atoms with Crippen LogP contribution in [-0.2, 0) is 9.59 Å². The number of benzene rings is 1. The van der Waals surface area contributed by atoms with Crippen LogP contribution in [0, 0.1) is 6.92 Å². The van der Waals surface area contributed by atoms with E-state index >= 15 is 0 Å². The van der Waals surface area contributed by atoms with Crippen LogP contribution in [0.2, 0.25) is 0 Å². The van der Waals surface area contributed by atoms with Gasteiger partial charge in [0.25, 0.3) is 0 Å². The van der Waals surface area contributed by atoms with Crippen LogP contribution in [0.5, 0.6) is 0 Å². The fraction of sp³-hybridized carbons (Fsp3) is 0.235. The second-order valence-electron chi connectivity index (χ2n) is 5.12. The van der Waals surface area contributed by atoms with Crippen molar-refractivity contribution in [3.63, 3.8) is 0 Å². The first-order valence-corrected chi connectivity index (χ1v) is 8.11. The van der Waals surface area contributed by atoms with Crippen LogP contribution >= 0.6 is 11.8 Å². The first kappa shape index (κ1) is 17.0. The molecule has 2 amide bonds. The minimum absolute atomic E-state index is 0.0981. The van der Waals surface area contributed by atoms with Crippen molar-refractivity contribution in [2.24, 2.45) is 0 Å². The molecule has 0 aliphatic carbocycles. The summed E-state index contributed by atoms with van der Waals surface area (Å²) in [6, 6.07) is 12.9. The zero-order valence-corrected chi connectivity index (χ0v) is 14.1. The van der Waals surface area contributed by atoms with E-state index in [-0.39, 0.29) is 17.1 Å². The first-order chi connectivity index (χ1) is 10.9. The number of hydrogen-bond acceptors (Lipinski definition) is 4. The second-order valence-corrected chi connectivity index (χ2v) is 6.53. The third-order valence-corrected chi connectivity index (χ3v) is 4.11. The number of anilines is 2. The van der Waals surface area contributed by atoms with Gasteiger partial charge in [-0.1, -0.05) is 6.07 Å². The van der Waals surface area contributed by atoms with Gasteiger partial charge in [-0.3, -0.25) is 9.59 Å². The molecule has 1 heterocycles. The number of thioether (sulfide) groups is 1. The molecule has 0 bridgehead atoms. The summed E-state index contributed by atoms with van der Waals surface area (Å²) in [5.41, 5.74) is 1.60. The molecule has 2 N–H and O–H groups in total. The maximum absolute atomic E-state index is 12.2. The van der Waals surface area contributed by atoms with Gasteiger partial charge in [-0.05, 0) is 50.2 Å². The predicted octanol–water partition coefficient (Wildman–Crippen LogP) is 3.47. The zero-order valence-electron chi connectivity index (χ0n) is 13.3. The molecule has 1 unspecified atom stereocenters. The third kappa shape index (κ3) is 5.41. The lowest BCUT2D eigenvalue weighted by Crippen LogP contribution is -2.23. The average Bonchev–Trinajstić information content (AvgIpc) is 2.48. The second kappa shape index (κ2) is 7.78. The molecule has 0 saturated heterocycles. The molecule has 0 aliphatic heterocycles. The summed E-state index contributed by atoms with van der Waals surface area (Å²) < 4.78 is 0. The molecule has 2 rings (SSSR count). The number of nitrogens with one attached hydrogen (secondary N) is 2. The fourth-order valence-electron chi connectivity index (χ4n) is 1.92. The van der Waals surface area contributed by atoms with Gasteiger partial charge in [0.05, 0.1) is 5.25 Å². The Balaban J connectivity index is 1.94. The Bertz CT molecular complexity index is 701. The van der Waals surface area contributed by atoms with E-state index in [1.807, 2.05) is 50.2 Å². The van der Waals surface area contributed by atoms with Crippen molar-refractivity contribution < 1.29 is 9.59 Å². The summed E-state index contributed by atoms with van der Waals surface area (Å²) >= 11 is 1.45. The molecule has 5 nitrogen and oxygen atoms in total. The van der Waals surface area contributed by atoms with Gasteiger partial charge in [-0.2, -0.15) is 0 Å². The molecule has 0 fully saturated rings. The number of carbonyl (C=O) groups is 2. The Morgan fingerprint density at radius 2 is 1.78 bits per heavy atom. The molecule has 2 aromatic rings. The number of aryl methyl sites for hydroxylation is 1. The Morgan fingerprint density at radius 3 is 2.39 bits per heavy atom. The van der Waals surface area contributed by atoms with E-state index in [0.29, 0.717) is 5.82 Å². The summed E-state index contributed by atoms with van der Waals surface area (Å²) in [5, 5.41) is 5.26. The van der Waals surface area contributed by atoms with Crippen LogP contribution in [-0.4, -0.2) is 22.0 Å². The van der Waals surface area contributed by atoms with Gasteiger partial charge in [0.1, 0.15) is 5.82 Å². The van der Waals surface area contributed by atoms with Gasteiger partial charge in [0.15, 0.2) is 0 Å². The summed E-state index contributed by atoms with van der Waals surface area (Å²) in [7, 11) is 0. The van der Waals surface area contributed by atoms with Gasteiger partial charge in [-0.25, -0.2) is 4.98 Å². The molecule has 0 spiro atoms. The van der Waals surface area contributed by atoms with Gasteiger partial charge >= 0.3 is 0 Å². The van der Waals surface area contributed by atoms with E-state index < -0.39 is 0 Å². The third-order valence-electron chi connectivity index (χ3n) is 3.00.